The Morgan fingerprint density at radius 3 is 1.31 bits per heavy atom. The fourth-order valence-corrected chi connectivity index (χ4v) is 7.63. The molecule has 0 saturated carbocycles. The topological polar surface area (TPSA) is 184 Å². The third kappa shape index (κ3) is 10.6. The van der Waals surface area contributed by atoms with Crippen molar-refractivity contribution in [3.8, 4) is 23.0 Å². The summed E-state index contributed by atoms with van der Waals surface area (Å²) in [6.45, 7) is 4.71. The molecule has 2 heterocycles. The molecular formula is C36H44N4O12S2+2. The molecule has 54 heavy (non-hydrogen) atoms. The Bertz CT molecular complexity index is 1840. The van der Waals surface area contributed by atoms with Gasteiger partial charge < -0.3 is 28.4 Å². The van der Waals surface area contributed by atoms with Gasteiger partial charge in [0, 0.05) is 51.7 Å². The van der Waals surface area contributed by atoms with Gasteiger partial charge in [-0.2, -0.15) is 9.13 Å². The maximum atomic E-state index is 12.3. The third-order valence-corrected chi connectivity index (χ3v) is 11.0. The number of nitro groups is 2. The van der Waals surface area contributed by atoms with Gasteiger partial charge in [0.05, 0.1) is 84.5 Å². The van der Waals surface area contributed by atoms with Crippen molar-refractivity contribution in [2.75, 3.05) is 41.7 Å². The summed E-state index contributed by atoms with van der Waals surface area (Å²) in [4.78, 5) is 49.2. The number of aromatic nitrogens is 2. The van der Waals surface area contributed by atoms with Crippen LogP contribution in [0.15, 0.2) is 35.3 Å². The van der Waals surface area contributed by atoms with E-state index in [2.05, 4.69) is 0 Å². The highest BCUT2D eigenvalue weighted by Crippen LogP contribution is 2.36. The number of rotatable bonds is 21. The fourth-order valence-electron chi connectivity index (χ4n) is 5.67. The second-order valence-corrected chi connectivity index (χ2v) is 13.9. The summed E-state index contributed by atoms with van der Waals surface area (Å²) in [6, 6.07) is 5.91. The predicted octanol–water partition coefficient (Wildman–Crippen LogP) is 5.38. The molecule has 0 atom stereocenters. The summed E-state index contributed by atoms with van der Waals surface area (Å²) in [7, 11) is 5.79. The maximum absolute atomic E-state index is 12.3. The van der Waals surface area contributed by atoms with E-state index >= 15 is 0 Å². The average Bonchev–Trinajstić information content (AvgIpc) is 3.68. The van der Waals surface area contributed by atoms with Gasteiger partial charge in [-0.25, -0.2) is 0 Å². The monoisotopic (exact) mass is 788 g/mol. The van der Waals surface area contributed by atoms with Gasteiger partial charge in [-0.1, -0.05) is 22.7 Å². The van der Waals surface area contributed by atoms with Crippen LogP contribution < -0.4 is 28.1 Å². The van der Waals surface area contributed by atoms with Crippen LogP contribution in [0.3, 0.4) is 0 Å². The molecule has 2 aromatic heterocycles. The van der Waals surface area contributed by atoms with Crippen molar-refractivity contribution in [2.45, 2.75) is 65.5 Å². The van der Waals surface area contributed by atoms with Crippen LogP contribution >= 0.6 is 22.7 Å². The van der Waals surface area contributed by atoms with Gasteiger partial charge in [0.2, 0.25) is 11.0 Å². The number of nitro benzene ring substituents is 2. The van der Waals surface area contributed by atoms with E-state index in [1.807, 2.05) is 34.0 Å². The number of ether oxygens (including phenoxy) is 6. The quantitative estimate of drug-likeness (QED) is 0.0346. The molecule has 290 valence electrons. The molecule has 0 amide bonds. The number of carbonyl (C=O) groups is 2. The van der Waals surface area contributed by atoms with Crippen LogP contribution in [0, 0.1) is 34.1 Å². The van der Waals surface area contributed by atoms with E-state index < -0.39 is 9.85 Å². The largest absolute Gasteiger partial charge is 0.493 e. The second kappa shape index (κ2) is 19.6. The van der Waals surface area contributed by atoms with Crippen molar-refractivity contribution >= 4 is 46.0 Å². The molecular weight excluding hydrogens is 745 g/mol. The molecule has 0 saturated heterocycles. The predicted molar refractivity (Wildman–Crippen MR) is 197 cm³/mol. The Morgan fingerprint density at radius 1 is 0.630 bits per heavy atom. The molecule has 0 aliphatic heterocycles. The van der Waals surface area contributed by atoms with E-state index in [0.717, 1.165) is 21.1 Å². The molecule has 0 aliphatic rings. The highest BCUT2D eigenvalue weighted by Gasteiger charge is 2.26. The Balaban J connectivity index is 1.16. The number of hydrogen-bond acceptors (Lipinski definition) is 14. The standard InChI is InChI=1S/C36H44N4O12S2/c1-23-33(53-21-37(23)19-25-15-29(47-3)31(49-5)17-27(25)39(43)44)11-13-51-35(41)9-7-8-10-36(42)52-14-12-34-24(2)38(22-54-34)20-26-16-30(48-4)32(50-6)18-28(26)40(45)46/h15-18,21-22H,7-14,19-20H2,1-6H3/q+2. The van der Waals surface area contributed by atoms with Crippen molar-refractivity contribution in [1.29, 1.82) is 0 Å². The van der Waals surface area contributed by atoms with Crippen molar-refractivity contribution in [2.24, 2.45) is 0 Å². The Labute approximate surface area is 320 Å². The van der Waals surface area contributed by atoms with Gasteiger partial charge >= 0.3 is 11.9 Å². The minimum atomic E-state index is -0.449. The smallest absolute Gasteiger partial charge is 0.305 e. The van der Waals surface area contributed by atoms with Crippen molar-refractivity contribution in [3.63, 3.8) is 0 Å². The molecule has 0 fully saturated rings. The van der Waals surface area contributed by atoms with E-state index in [1.54, 1.807) is 12.1 Å². The first-order valence-electron chi connectivity index (χ1n) is 16.9. The SMILES string of the molecule is COc1cc(C[n+]2csc(CCOC(=O)CCCCC(=O)OCCc3sc[n+](Cc4cc(OC)c(OC)cc4[N+](=O)[O-])c3C)c2C)c([N+](=O)[O-])cc1OC. The van der Waals surface area contributed by atoms with E-state index in [0.29, 0.717) is 48.3 Å². The molecule has 0 bridgehead atoms. The third-order valence-electron chi connectivity index (χ3n) is 8.75. The maximum Gasteiger partial charge on any atom is 0.305 e. The normalized spacial score (nSPS) is 10.9. The minimum Gasteiger partial charge on any atom is -0.493 e. The number of benzene rings is 2. The lowest BCUT2D eigenvalue weighted by molar-refractivity contribution is -0.690. The van der Waals surface area contributed by atoms with Gasteiger partial charge in [0.25, 0.3) is 11.4 Å². The van der Waals surface area contributed by atoms with Gasteiger partial charge in [-0.05, 0) is 12.8 Å². The van der Waals surface area contributed by atoms with Crippen LogP contribution in [0.2, 0.25) is 0 Å². The van der Waals surface area contributed by atoms with E-state index in [1.165, 1.54) is 63.2 Å². The molecule has 18 heteroatoms. The summed E-state index contributed by atoms with van der Waals surface area (Å²) in [5.41, 5.74) is 6.37. The van der Waals surface area contributed by atoms with Crippen LogP contribution in [-0.4, -0.2) is 63.4 Å². The Morgan fingerprint density at radius 2 is 0.981 bits per heavy atom. The second-order valence-electron chi connectivity index (χ2n) is 12.1. The molecule has 0 spiro atoms. The zero-order valence-electron chi connectivity index (χ0n) is 31.0. The molecule has 0 N–H and O–H groups in total. The molecule has 0 aliphatic carbocycles. The van der Waals surface area contributed by atoms with Crippen molar-refractivity contribution in [1.82, 2.24) is 0 Å². The molecule has 2 aromatic carbocycles. The number of unbranched alkanes of at least 4 members (excludes halogenated alkanes) is 1. The average molecular weight is 789 g/mol. The number of thiazole rings is 2. The first kappa shape index (κ1) is 41.4. The molecule has 16 nitrogen and oxygen atoms in total. The Kier molecular flexibility index (Phi) is 15.1. The minimum absolute atomic E-state index is 0.0714. The molecule has 4 rings (SSSR count). The number of nitrogens with zero attached hydrogens (tertiary/aromatic N) is 4. The highest BCUT2D eigenvalue weighted by molar-refractivity contribution is 7.09. The first-order valence-corrected chi connectivity index (χ1v) is 18.7. The van der Waals surface area contributed by atoms with Crippen molar-refractivity contribution in [3.05, 3.63) is 87.8 Å². The zero-order chi connectivity index (χ0) is 39.4. The number of methoxy groups -OCH3 is 4. The van der Waals surface area contributed by atoms with Crippen LogP contribution in [0.25, 0.3) is 0 Å². The molecule has 4 aromatic rings. The number of esters is 2. The fraction of sp³-hybridized carbons (Fsp3) is 0.444. The molecule has 0 radical (unpaired) electrons. The van der Waals surface area contributed by atoms with Gasteiger partial charge in [0.1, 0.15) is 0 Å². The van der Waals surface area contributed by atoms with Crippen molar-refractivity contribution < 1.29 is 57.0 Å². The number of carbonyl (C=O) groups excluding carboxylic acids is 2. The van der Waals surface area contributed by atoms with E-state index in [4.69, 9.17) is 28.4 Å². The van der Waals surface area contributed by atoms with Crippen LogP contribution in [0.5, 0.6) is 23.0 Å². The lowest BCUT2D eigenvalue weighted by Gasteiger charge is -2.09. The Hall–Kier alpha value is -5.36. The summed E-state index contributed by atoms with van der Waals surface area (Å²) in [5, 5.41) is 23.4. The van der Waals surface area contributed by atoms with Gasteiger partial charge in [-0.3, -0.25) is 29.8 Å². The van der Waals surface area contributed by atoms with E-state index in [9.17, 15) is 29.8 Å². The summed E-state index contributed by atoms with van der Waals surface area (Å²) in [6.07, 6.45) is 2.29. The summed E-state index contributed by atoms with van der Waals surface area (Å²) >= 11 is 2.96. The zero-order valence-corrected chi connectivity index (χ0v) is 32.7. The van der Waals surface area contributed by atoms with E-state index in [-0.39, 0.29) is 74.0 Å². The van der Waals surface area contributed by atoms with Gasteiger partial charge in [-0.15, -0.1) is 0 Å². The summed E-state index contributed by atoms with van der Waals surface area (Å²) < 4.78 is 35.7. The lowest BCUT2D eigenvalue weighted by Crippen LogP contribution is -2.35. The molecule has 0 unspecified atom stereocenters. The van der Waals surface area contributed by atoms with Crippen LogP contribution in [0.1, 0.15) is 58.0 Å². The highest BCUT2D eigenvalue weighted by atomic mass is 32.1. The van der Waals surface area contributed by atoms with Gasteiger partial charge in [0.15, 0.2) is 47.5 Å². The lowest BCUT2D eigenvalue weighted by atomic mass is 10.1. The summed E-state index contributed by atoms with van der Waals surface area (Å²) in [5.74, 6) is 0.646. The van der Waals surface area contributed by atoms with Crippen LogP contribution in [-0.2, 0) is 45.0 Å². The number of hydrogen-bond donors (Lipinski definition) is 0. The van der Waals surface area contributed by atoms with Crippen LogP contribution in [0.4, 0.5) is 11.4 Å². The first-order chi connectivity index (χ1) is 25.9.